The number of nitrogens with zero attached hydrogens (tertiary/aromatic N) is 1. The molecule has 0 saturated carbocycles. The maximum absolute atomic E-state index is 12.1. The molecule has 0 fully saturated rings. The summed E-state index contributed by atoms with van der Waals surface area (Å²) in [6.45, 7) is 4.45. The van der Waals surface area contributed by atoms with Crippen molar-refractivity contribution in [2.24, 2.45) is 0 Å². The number of carbonyl (C=O) groups excluding carboxylic acids is 1. The molecule has 128 valence electrons. The molecule has 1 heterocycles. The summed E-state index contributed by atoms with van der Waals surface area (Å²) in [4.78, 5) is 16.6. The molecule has 5 heteroatoms. The highest BCUT2D eigenvalue weighted by molar-refractivity contribution is 7.09. The van der Waals surface area contributed by atoms with E-state index in [4.69, 9.17) is 4.74 Å². The maximum Gasteiger partial charge on any atom is 0.231 e. The van der Waals surface area contributed by atoms with Crippen LogP contribution in [0.2, 0.25) is 0 Å². The van der Waals surface area contributed by atoms with Crippen LogP contribution < -0.4 is 10.1 Å². The molecule has 3 rings (SSSR count). The number of nitrogens with one attached hydrogen (secondary N) is 1. The van der Waals surface area contributed by atoms with E-state index in [0.29, 0.717) is 6.61 Å². The van der Waals surface area contributed by atoms with E-state index in [-0.39, 0.29) is 12.3 Å². The molecule has 0 unspecified atom stereocenters. The number of aryl methyl sites for hydroxylation is 2. The Kier molecular flexibility index (Phi) is 5.46. The minimum Gasteiger partial charge on any atom is -0.487 e. The highest BCUT2D eigenvalue weighted by Crippen LogP contribution is 2.17. The van der Waals surface area contributed by atoms with Crippen LogP contribution in [0.15, 0.2) is 53.9 Å². The minimum absolute atomic E-state index is 0.0654. The molecule has 0 spiro atoms. The molecule has 0 saturated heterocycles. The Labute approximate surface area is 151 Å². The number of amides is 1. The zero-order chi connectivity index (χ0) is 17.6. The lowest BCUT2D eigenvalue weighted by Gasteiger charge is -2.05. The largest absolute Gasteiger partial charge is 0.487 e. The van der Waals surface area contributed by atoms with Gasteiger partial charge in [-0.3, -0.25) is 4.79 Å². The number of carbonyl (C=O) groups is 1. The molecule has 3 aromatic rings. The van der Waals surface area contributed by atoms with Crippen molar-refractivity contribution in [2.45, 2.75) is 26.9 Å². The first-order valence-corrected chi connectivity index (χ1v) is 8.96. The number of thiazole rings is 1. The van der Waals surface area contributed by atoms with Crippen molar-refractivity contribution in [3.05, 3.63) is 75.7 Å². The molecule has 1 aromatic heterocycles. The molecule has 0 aliphatic heterocycles. The predicted octanol–water partition coefficient (Wildman–Crippen LogP) is 4.52. The lowest BCUT2D eigenvalue weighted by Crippen LogP contribution is -2.14. The van der Waals surface area contributed by atoms with Crippen LogP contribution in [0.5, 0.6) is 5.75 Å². The van der Waals surface area contributed by atoms with Crippen LogP contribution in [-0.4, -0.2) is 10.9 Å². The van der Waals surface area contributed by atoms with E-state index < -0.39 is 0 Å². The van der Waals surface area contributed by atoms with Gasteiger partial charge in [0.2, 0.25) is 5.91 Å². The quantitative estimate of drug-likeness (QED) is 0.709. The first-order chi connectivity index (χ1) is 12.1. The summed E-state index contributed by atoms with van der Waals surface area (Å²) in [7, 11) is 0. The van der Waals surface area contributed by atoms with E-state index in [1.165, 1.54) is 11.3 Å². The Morgan fingerprint density at radius 3 is 2.68 bits per heavy atom. The highest BCUT2D eigenvalue weighted by atomic mass is 32.1. The van der Waals surface area contributed by atoms with Crippen LogP contribution >= 0.6 is 11.3 Å². The summed E-state index contributed by atoms with van der Waals surface area (Å²) < 4.78 is 5.74. The molecular weight excluding hydrogens is 332 g/mol. The van der Waals surface area contributed by atoms with Crippen LogP contribution in [0.3, 0.4) is 0 Å². The van der Waals surface area contributed by atoms with Crippen molar-refractivity contribution in [1.29, 1.82) is 0 Å². The molecular formula is C20H20N2O2S. The molecule has 2 aromatic carbocycles. The predicted molar refractivity (Wildman–Crippen MR) is 101 cm³/mol. The fourth-order valence-corrected chi connectivity index (χ4v) is 3.12. The lowest BCUT2D eigenvalue weighted by atomic mass is 10.2. The fourth-order valence-electron chi connectivity index (χ4n) is 2.34. The molecule has 1 N–H and O–H groups in total. The number of aromatic nitrogens is 1. The number of hydrogen-bond acceptors (Lipinski definition) is 4. The third-order valence-corrected chi connectivity index (χ3v) is 4.52. The standard InChI is InChI=1S/C20H20N2O2S/c1-14-6-8-16(9-7-14)21-19(23)11-20-22-17(13-25-20)12-24-18-5-3-4-15(2)10-18/h3-10,13H,11-12H2,1-2H3,(H,21,23). The van der Waals surface area contributed by atoms with Gasteiger partial charge in [0.05, 0.1) is 12.1 Å². The highest BCUT2D eigenvalue weighted by Gasteiger charge is 2.09. The van der Waals surface area contributed by atoms with Gasteiger partial charge in [-0.2, -0.15) is 0 Å². The second-order valence-electron chi connectivity index (χ2n) is 5.93. The zero-order valence-electron chi connectivity index (χ0n) is 14.3. The van der Waals surface area contributed by atoms with E-state index in [2.05, 4.69) is 10.3 Å². The zero-order valence-corrected chi connectivity index (χ0v) is 15.1. The van der Waals surface area contributed by atoms with Gasteiger partial charge >= 0.3 is 0 Å². The number of rotatable bonds is 6. The second-order valence-corrected chi connectivity index (χ2v) is 6.87. The van der Waals surface area contributed by atoms with Gasteiger partial charge in [-0.05, 0) is 43.7 Å². The smallest absolute Gasteiger partial charge is 0.231 e. The summed E-state index contributed by atoms with van der Waals surface area (Å²) in [5.41, 5.74) is 3.96. The fraction of sp³-hybridized carbons (Fsp3) is 0.200. The summed E-state index contributed by atoms with van der Waals surface area (Å²) >= 11 is 1.48. The summed E-state index contributed by atoms with van der Waals surface area (Å²) in [6.07, 6.45) is 0.267. The first kappa shape index (κ1) is 17.2. The Morgan fingerprint density at radius 1 is 1.12 bits per heavy atom. The van der Waals surface area contributed by atoms with Crippen molar-refractivity contribution in [3.63, 3.8) is 0 Å². The summed E-state index contributed by atoms with van der Waals surface area (Å²) in [6, 6.07) is 15.6. The van der Waals surface area contributed by atoms with Gasteiger partial charge in [-0.15, -0.1) is 11.3 Å². The first-order valence-electron chi connectivity index (χ1n) is 8.08. The van der Waals surface area contributed by atoms with Crippen molar-refractivity contribution in [3.8, 4) is 5.75 Å². The van der Waals surface area contributed by atoms with Crippen LogP contribution in [0.1, 0.15) is 21.8 Å². The van der Waals surface area contributed by atoms with Crippen LogP contribution in [-0.2, 0) is 17.8 Å². The average Bonchev–Trinajstić information content (AvgIpc) is 3.02. The molecule has 1 amide bonds. The Morgan fingerprint density at radius 2 is 1.92 bits per heavy atom. The molecule has 0 bridgehead atoms. The molecule has 4 nitrogen and oxygen atoms in total. The molecule has 0 aliphatic rings. The van der Waals surface area contributed by atoms with Crippen LogP contribution in [0, 0.1) is 13.8 Å². The maximum atomic E-state index is 12.1. The monoisotopic (exact) mass is 352 g/mol. The van der Waals surface area contributed by atoms with E-state index in [1.807, 2.05) is 67.8 Å². The molecule has 0 radical (unpaired) electrons. The van der Waals surface area contributed by atoms with Gasteiger partial charge in [0.15, 0.2) is 0 Å². The van der Waals surface area contributed by atoms with Gasteiger partial charge < -0.3 is 10.1 Å². The number of benzene rings is 2. The van der Waals surface area contributed by atoms with Crippen LogP contribution in [0.25, 0.3) is 0 Å². The summed E-state index contributed by atoms with van der Waals surface area (Å²) in [5.74, 6) is 0.760. The number of hydrogen-bond donors (Lipinski definition) is 1. The number of ether oxygens (including phenoxy) is 1. The number of anilines is 1. The van der Waals surface area contributed by atoms with Gasteiger partial charge in [-0.1, -0.05) is 29.8 Å². The third kappa shape index (κ3) is 5.16. The van der Waals surface area contributed by atoms with Crippen molar-refractivity contribution < 1.29 is 9.53 Å². The van der Waals surface area contributed by atoms with E-state index in [1.54, 1.807) is 0 Å². The Balaban J connectivity index is 1.52. The van der Waals surface area contributed by atoms with E-state index >= 15 is 0 Å². The molecule has 25 heavy (non-hydrogen) atoms. The van der Waals surface area contributed by atoms with Crippen molar-refractivity contribution in [1.82, 2.24) is 4.98 Å². The molecule has 0 aliphatic carbocycles. The van der Waals surface area contributed by atoms with Gasteiger partial charge in [0.25, 0.3) is 0 Å². The SMILES string of the molecule is Cc1ccc(NC(=O)Cc2nc(COc3cccc(C)c3)cs2)cc1. The average molecular weight is 352 g/mol. The van der Waals surface area contributed by atoms with Crippen LogP contribution in [0.4, 0.5) is 5.69 Å². The molecule has 0 atom stereocenters. The van der Waals surface area contributed by atoms with Gasteiger partial charge in [0, 0.05) is 11.1 Å². The third-order valence-electron chi connectivity index (χ3n) is 3.62. The van der Waals surface area contributed by atoms with Crippen molar-refractivity contribution >= 4 is 22.9 Å². The Hall–Kier alpha value is -2.66. The minimum atomic E-state index is -0.0654. The second kappa shape index (κ2) is 7.94. The normalized spacial score (nSPS) is 10.5. The summed E-state index contributed by atoms with van der Waals surface area (Å²) in [5, 5.41) is 5.61. The van der Waals surface area contributed by atoms with Gasteiger partial charge in [-0.25, -0.2) is 4.98 Å². The van der Waals surface area contributed by atoms with E-state index in [9.17, 15) is 4.79 Å². The van der Waals surface area contributed by atoms with Crippen molar-refractivity contribution in [2.75, 3.05) is 5.32 Å². The topological polar surface area (TPSA) is 51.2 Å². The lowest BCUT2D eigenvalue weighted by molar-refractivity contribution is -0.115. The van der Waals surface area contributed by atoms with E-state index in [0.717, 1.165) is 33.3 Å². The Bertz CT molecular complexity index is 856. The van der Waals surface area contributed by atoms with Gasteiger partial charge in [0.1, 0.15) is 17.4 Å².